The van der Waals surface area contributed by atoms with Gasteiger partial charge in [0.1, 0.15) is 12.6 Å². The number of pyridine rings is 1. The van der Waals surface area contributed by atoms with Gasteiger partial charge in [-0.25, -0.2) is 9.78 Å². The van der Waals surface area contributed by atoms with Gasteiger partial charge in [0.2, 0.25) is 5.91 Å². The fourth-order valence-corrected chi connectivity index (χ4v) is 4.63. The Morgan fingerprint density at radius 1 is 1.11 bits per heavy atom. The molecule has 5 rings (SSSR count). The molecule has 3 amide bonds. The average Bonchev–Trinajstić information content (AvgIpc) is 3.35. The maximum atomic E-state index is 12.9. The predicted molar refractivity (Wildman–Crippen MR) is 131 cm³/mol. The first-order valence-corrected chi connectivity index (χ1v) is 12.4. The fourth-order valence-electron chi connectivity index (χ4n) is 3.91. The van der Waals surface area contributed by atoms with Gasteiger partial charge in [0.15, 0.2) is 5.13 Å². The molecule has 2 aliphatic rings. The number of nitrogens with one attached hydrogen (secondary N) is 2. The summed E-state index contributed by atoms with van der Waals surface area (Å²) in [7, 11) is 0. The second-order valence-electron chi connectivity index (χ2n) is 8.62. The number of carbonyl (C=O) groups excluding carboxylic acids is 3. The van der Waals surface area contributed by atoms with Crippen LogP contribution in [0.4, 0.5) is 9.93 Å². The highest BCUT2D eigenvalue weighted by atomic mass is 32.1. The molecule has 1 aliphatic carbocycles. The Bertz CT molecular complexity index is 1210. The summed E-state index contributed by atoms with van der Waals surface area (Å²) in [6, 6.07) is 10.6. The van der Waals surface area contributed by atoms with Crippen LogP contribution in [0.15, 0.2) is 54.2 Å². The van der Waals surface area contributed by atoms with Crippen LogP contribution in [0.1, 0.15) is 41.6 Å². The van der Waals surface area contributed by atoms with Gasteiger partial charge in [-0.05, 0) is 43.9 Å². The molecule has 2 fully saturated rings. The zero-order valence-electron chi connectivity index (χ0n) is 19.0. The van der Waals surface area contributed by atoms with Crippen LogP contribution in [-0.4, -0.2) is 51.4 Å². The van der Waals surface area contributed by atoms with Crippen molar-refractivity contribution >= 4 is 34.4 Å². The smallest absolute Gasteiger partial charge is 0.410 e. The summed E-state index contributed by atoms with van der Waals surface area (Å²) in [6.45, 7) is 0.572. The van der Waals surface area contributed by atoms with E-state index in [2.05, 4.69) is 20.6 Å². The Morgan fingerprint density at radius 3 is 2.69 bits per heavy atom. The van der Waals surface area contributed by atoms with Crippen LogP contribution in [0, 0.1) is 0 Å². The topological polar surface area (TPSA) is 114 Å². The molecule has 35 heavy (non-hydrogen) atoms. The third-order valence-corrected chi connectivity index (χ3v) is 6.72. The zero-order valence-corrected chi connectivity index (χ0v) is 19.8. The molecule has 2 N–H and O–H groups in total. The molecule has 1 atom stereocenters. The number of hydrogen-bond acceptors (Lipinski definition) is 7. The first-order valence-electron chi connectivity index (χ1n) is 11.6. The van der Waals surface area contributed by atoms with Gasteiger partial charge in [-0.1, -0.05) is 18.2 Å². The van der Waals surface area contributed by atoms with Crippen molar-refractivity contribution < 1.29 is 19.1 Å². The second-order valence-corrected chi connectivity index (χ2v) is 9.48. The number of ether oxygens (including phenoxy) is 1. The van der Waals surface area contributed by atoms with E-state index in [9.17, 15) is 14.4 Å². The van der Waals surface area contributed by atoms with Crippen molar-refractivity contribution in [3.05, 3.63) is 65.3 Å². The molecular weight excluding hydrogens is 466 g/mol. The van der Waals surface area contributed by atoms with Crippen molar-refractivity contribution in [1.29, 1.82) is 0 Å². The van der Waals surface area contributed by atoms with Crippen molar-refractivity contribution in [2.24, 2.45) is 0 Å². The summed E-state index contributed by atoms with van der Waals surface area (Å²) in [4.78, 5) is 47.6. The van der Waals surface area contributed by atoms with Crippen LogP contribution in [0.3, 0.4) is 0 Å². The van der Waals surface area contributed by atoms with Gasteiger partial charge in [0.25, 0.3) is 5.91 Å². The van der Waals surface area contributed by atoms with E-state index in [-0.39, 0.29) is 18.4 Å². The molecule has 0 spiro atoms. The van der Waals surface area contributed by atoms with Gasteiger partial charge in [-0.3, -0.25) is 19.5 Å². The largest absolute Gasteiger partial charge is 0.444 e. The minimum atomic E-state index is -0.604. The van der Waals surface area contributed by atoms with E-state index in [1.54, 1.807) is 30.6 Å². The molecule has 3 aromatic rings. The number of amides is 3. The number of likely N-dealkylation sites (tertiary alicyclic amines) is 1. The minimum Gasteiger partial charge on any atom is -0.444 e. The Morgan fingerprint density at radius 2 is 1.94 bits per heavy atom. The van der Waals surface area contributed by atoms with Crippen molar-refractivity contribution in [3.63, 3.8) is 0 Å². The lowest BCUT2D eigenvalue weighted by atomic mass is 10.1. The molecule has 1 aliphatic heterocycles. The van der Waals surface area contributed by atoms with Gasteiger partial charge in [-0.15, -0.1) is 11.3 Å². The van der Waals surface area contributed by atoms with Gasteiger partial charge >= 0.3 is 6.09 Å². The van der Waals surface area contributed by atoms with Crippen molar-refractivity contribution in [2.45, 2.75) is 44.4 Å². The van der Waals surface area contributed by atoms with Crippen LogP contribution < -0.4 is 10.6 Å². The minimum absolute atomic E-state index is 0.0645. The Labute approximate surface area is 206 Å². The fraction of sp³-hybridized carbons (Fsp3) is 0.320. The maximum Gasteiger partial charge on any atom is 0.410 e. The molecule has 0 radical (unpaired) electrons. The molecule has 2 aromatic heterocycles. The van der Waals surface area contributed by atoms with E-state index < -0.39 is 12.1 Å². The number of thiazole rings is 1. The SMILES string of the molecule is O=C(NC1CC1)c1ccc(-c2csc(NC(=O)C3CCCN3C(=O)OCc3cccnc3)n2)cc1. The second kappa shape index (κ2) is 10.2. The van der Waals surface area contributed by atoms with Crippen LogP contribution >= 0.6 is 11.3 Å². The van der Waals surface area contributed by atoms with E-state index in [0.717, 1.165) is 30.4 Å². The molecule has 3 heterocycles. The van der Waals surface area contributed by atoms with E-state index >= 15 is 0 Å². The lowest BCUT2D eigenvalue weighted by Gasteiger charge is -2.22. The normalized spacial score (nSPS) is 17.1. The van der Waals surface area contributed by atoms with Crippen LogP contribution in [-0.2, 0) is 16.1 Å². The van der Waals surface area contributed by atoms with Gasteiger partial charge in [0.05, 0.1) is 5.69 Å². The van der Waals surface area contributed by atoms with Crippen LogP contribution in [0.2, 0.25) is 0 Å². The summed E-state index contributed by atoms with van der Waals surface area (Å²) in [5.74, 6) is -0.348. The Hall–Kier alpha value is -3.79. The quantitative estimate of drug-likeness (QED) is 0.519. The molecule has 180 valence electrons. The Kier molecular flexibility index (Phi) is 6.71. The van der Waals surface area contributed by atoms with Gasteiger partial charge in [0, 0.05) is 47.1 Å². The van der Waals surface area contributed by atoms with Gasteiger partial charge < -0.3 is 15.4 Å². The Balaban J connectivity index is 1.17. The van der Waals surface area contributed by atoms with Crippen molar-refractivity contribution in [1.82, 2.24) is 20.2 Å². The zero-order chi connectivity index (χ0) is 24.2. The van der Waals surface area contributed by atoms with Crippen molar-refractivity contribution in [2.75, 3.05) is 11.9 Å². The molecule has 9 nitrogen and oxygen atoms in total. The first kappa shape index (κ1) is 23.0. The number of aromatic nitrogens is 2. The van der Waals surface area contributed by atoms with E-state index in [4.69, 9.17) is 4.74 Å². The predicted octanol–water partition coefficient (Wildman–Crippen LogP) is 3.84. The molecule has 1 unspecified atom stereocenters. The highest BCUT2D eigenvalue weighted by Crippen LogP contribution is 2.27. The molecule has 1 aromatic carbocycles. The van der Waals surface area contributed by atoms with Gasteiger partial charge in [-0.2, -0.15) is 0 Å². The number of carbonyl (C=O) groups is 3. The maximum absolute atomic E-state index is 12.9. The van der Waals surface area contributed by atoms with Crippen molar-refractivity contribution in [3.8, 4) is 11.3 Å². The third kappa shape index (κ3) is 5.65. The first-order chi connectivity index (χ1) is 17.1. The van der Waals surface area contributed by atoms with Crippen LogP contribution in [0.5, 0.6) is 0 Å². The highest BCUT2D eigenvalue weighted by Gasteiger charge is 2.35. The molecule has 1 saturated heterocycles. The standard InChI is InChI=1S/C25H25N5O4S/c31-22(27-19-9-10-19)18-7-5-17(6-8-18)20-15-35-24(28-20)29-23(32)21-4-2-12-30(21)25(33)34-14-16-3-1-11-26-13-16/h1,3,5-8,11,13,15,19,21H,2,4,9-10,12,14H2,(H,27,31)(H,28,29,32). The number of nitrogens with zero attached hydrogens (tertiary/aromatic N) is 3. The summed E-state index contributed by atoms with van der Waals surface area (Å²) < 4.78 is 5.38. The van der Waals surface area contributed by atoms with E-state index in [1.165, 1.54) is 16.2 Å². The molecule has 0 bridgehead atoms. The lowest BCUT2D eigenvalue weighted by molar-refractivity contribution is -0.120. The summed E-state index contributed by atoms with van der Waals surface area (Å²) in [5.41, 5.74) is 2.96. The number of hydrogen-bond donors (Lipinski definition) is 2. The summed E-state index contributed by atoms with van der Waals surface area (Å²) >= 11 is 1.31. The third-order valence-electron chi connectivity index (χ3n) is 5.96. The number of anilines is 1. The molecular formula is C25H25N5O4S. The monoisotopic (exact) mass is 491 g/mol. The lowest BCUT2D eigenvalue weighted by Crippen LogP contribution is -2.43. The van der Waals surface area contributed by atoms with Crippen LogP contribution in [0.25, 0.3) is 11.3 Å². The van der Waals surface area contributed by atoms with E-state index in [1.807, 2.05) is 23.6 Å². The summed E-state index contributed by atoms with van der Waals surface area (Å²) in [5, 5.41) is 8.11. The summed E-state index contributed by atoms with van der Waals surface area (Å²) in [6.07, 6.45) is 6.15. The highest BCUT2D eigenvalue weighted by molar-refractivity contribution is 7.14. The number of benzene rings is 1. The average molecular weight is 492 g/mol. The molecule has 1 saturated carbocycles. The van der Waals surface area contributed by atoms with E-state index in [0.29, 0.717) is 35.4 Å². The number of rotatable bonds is 7. The molecule has 10 heteroatoms.